The quantitative estimate of drug-likeness (QED) is 0.493. The molecule has 3 rings (SSSR count). The summed E-state index contributed by atoms with van der Waals surface area (Å²) in [4.78, 5) is 12.3. The van der Waals surface area contributed by atoms with Gasteiger partial charge in [-0.05, 0) is 56.3 Å². The zero-order valence-corrected chi connectivity index (χ0v) is 15.4. The fourth-order valence-corrected chi connectivity index (χ4v) is 5.02. The van der Waals surface area contributed by atoms with Crippen LogP contribution in [0, 0.1) is 23.7 Å². The number of halogens is 4. The van der Waals surface area contributed by atoms with Crippen LogP contribution >= 0.6 is 0 Å². The van der Waals surface area contributed by atoms with E-state index >= 15 is 0 Å². The van der Waals surface area contributed by atoms with Crippen LogP contribution in [0.15, 0.2) is 0 Å². The number of alkyl halides is 4. The van der Waals surface area contributed by atoms with E-state index < -0.39 is 42.7 Å². The number of rotatable bonds is 3. The fraction of sp³-hybridized carbons (Fsp3) is 0.950. The summed E-state index contributed by atoms with van der Waals surface area (Å²) in [5.74, 6) is -1.34. The van der Waals surface area contributed by atoms with Crippen LogP contribution in [0.25, 0.3) is 0 Å². The van der Waals surface area contributed by atoms with E-state index in [9.17, 15) is 22.4 Å². The molecule has 0 aromatic rings. The van der Waals surface area contributed by atoms with E-state index in [0.29, 0.717) is 11.8 Å². The second-order valence-corrected chi connectivity index (χ2v) is 8.71. The molecule has 5 atom stereocenters. The Balaban J connectivity index is 1.53. The molecule has 0 bridgehead atoms. The first kappa shape index (κ1) is 19.9. The third-order valence-electron chi connectivity index (χ3n) is 6.76. The van der Waals surface area contributed by atoms with Crippen LogP contribution in [-0.2, 0) is 9.53 Å². The molecule has 0 amide bonds. The maximum atomic E-state index is 14.6. The number of hydrogen-bond acceptors (Lipinski definition) is 2. The van der Waals surface area contributed by atoms with Gasteiger partial charge < -0.3 is 4.74 Å². The summed E-state index contributed by atoms with van der Waals surface area (Å²) in [6, 6.07) is 0. The molecular formula is C20H30F4O2. The van der Waals surface area contributed by atoms with Gasteiger partial charge in [0.15, 0.2) is 0 Å². The molecule has 6 heteroatoms. The average molecular weight is 378 g/mol. The summed E-state index contributed by atoms with van der Waals surface area (Å²) in [5, 5.41) is 0. The molecule has 3 saturated carbocycles. The van der Waals surface area contributed by atoms with E-state index in [-0.39, 0.29) is 38.0 Å². The first-order chi connectivity index (χ1) is 12.3. The SMILES string of the molecule is CC1CCC(C2CC(F)C(C(=O)OC3CCC(F)C(F)C3)C(F)C2)CC1. The zero-order valence-electron chi connectivity index (χ0n) is 15.4. The lowest BCUT2D eigenvalue weighted by molar-refractivity contribution is -0.166. The van der Waals surface area contributed by atoms with Crippen molar-refractivity contribution >= 4 is 5.97 Å². The van der Waals surface area contributed by atoms with Gasteiger partial charge in [0.25, 0.3) is 0 Å². The van der Waals surface area contributed by atoms with Gasteiger partial charge >= 0.3 is 5.97 Å². The number of ether oxygens (including phenoxy) is 1. The van der Waals surface area contributed by atoms with Crippen molar-refractivity contribution in [2.45, 2.75) is 95.5 Å². The molecule has 3 aliphatic carbocycles. The van der Waals surface area contributed by atoms with Crippen LogP contribution < -0.4 is 0 Å². The molecular weight excluding hydrogens is 348 g/mol. The number of hydrogen-bond donors (Lipinski definition) is 0. The zero-order chi connectivity index (χ0) is 18.8. The Morgan fingerprint density at radius 1 is 0.731 bits per heavy atom. The van der Waals surface area contributed by atoms with Crippen LogP contribution in [0.1, 0.15) is 64.7 Å². The van der Waals surface area contributed by atoms with Crippen LogP contribution in [0.3, 0.4) is 0 Å². The summed E-state index contributed by atoms with van der Waals surface area (Å²) < 4.78 is 61.1. The van der Waals surface area contributed by atoms with Gasteiger partial charge in [0.2, 0.25) is 0 Å². The lowest BCUT2D eigenvalue weighted by Gasteiger charge is -2.40. The Hall–Kier alpha value is -0.810. The van der Waals surface area contributed by atoms with Gasteiger partial charge in [0, 0.05) is 6.42 Å². The first-order valence-corrected chi connectivity index (χ1v) is 10.1. The summed E-state index contributed by atoms with van der Waals surface area (Å²) in [6.45, 7) is 2.21. The van der Waals surface area contributed by atoms with Gasteiger partial charge in [0.1, 0.15) is 36.7 Å². The van der Waals surface area contributed by atoms with Crippen LogP contribution in [0.5, 0.6) is 0 Å². The predicted octanol–water partition coefficient (Wildman–Crippen LogP) is 5.29. The lowest BCUT2D eigenvalue weighted by atomic mass is 9.68. The van der Waals surface area contributed by atoms with Crippen LogP contribution in [0.4, 0.5) is 17.6 Å². The molecule has 0 saturated heterocycles. The molecule has 0 aliphatic heterocycles. The van der Waals surface area contributed by atoms with Crippen molar-refractivity contribution in [2.24, 2.45) is 23.7 Å². The Morgan fingerprint density at radius 3 is 1.92 bits per heavy atom. The van der Waals surface area contributed by atoms with Crippen LogP contribution in [-0.4, -0.2) is 36.8 Å². The number of carbonyl (C=O) groups is 1. The second-order valence-electron chi connectivity index (χ2n) is 8.71. The van der Waals surface area contributed by atoms with Gasteiger partial charge in [-0.1, -0.05) is 19.8 Å². The highest BCUT2D eigenvalue weighted by molar-refractivity contribution is 5.74. The molecule has 150 valence electrons. The summed E-state index contributed by atoms with van der Waals surface area (Å²) >= 11 is 0. The first-order valence-electron chi connectivity index (χ1n) is 10.1. The summed E-state index contributed by atoms with van der Waals surface area (Å²) in [7, 11) is 0. The number of carbonyl (C=O) groups excluding carboxylic acids is 1. The maximum Gasteiger partial charge on any atom is 0.315 e. The molecule has 0 heterocycles. The molecule has 0 aromatic heterocycles. The third kappa shape index (κ3) is 4.53. The molecule has 0 aromatic carbocycles. The summed E-state index contributed by atoms with van der Waals surface area (Å²) in [6.07, 6.45) is -2.55. The molecule has 0 N–H and O–H groups in total. The molecule has 0 spiro atoms. The lowest BCUT2D eigenvalue weighted by Crippen LogP contribution is -2.45. The topological polar surface area (TPSA) is 26.3 Å². The Kier molecular flexibility index (Phi) is 6.50. The molecule has 2 nitrogen and oxygen atoms in total. The molecule has 3 fully saturated rings. The fourth-order valence-electron chi connectivity index (χ4n) is 5.02. The predicted molar refractivity (Wildman–Crippen MR) is 90.7 cm³/mol. The Morgan fingerprint density at radius 2 is 1.35 bits per heavy atom. The highest BCUT2D eigenvalue weighted by Gasteiger charge is 2.47. The third-order valence-corrected chi connectivity index (χ3v) is 6.76. The number of esters is 1. The van der Waals surface area contributed by atoms with Crippen LogP contribution in [0.2, 0.25) is 0 Å². The van der Waals surface area contributed by atoms with E-state index in [1.807, 2.05) is 0 Å². The highest BCUT2D eigenvalue weighted by Crippen LogP contribution is 2.43. The molecule has 5 unspecified atom stereocenters. The van der Waals surface area contributed by atoms with E-state index in [2.05, 4.69) is 6.92 Å². The summed E-state index contributed by atoms with van der Waals surface area (Å²) in [5.41, 5.74) is 0. The Labute approximate surface area is 153 Å². The van der Waals surface area contributed by atoms with E-state index in [1.165, 1.54) is 0 Å². The molecule has 26 heavy (non-hydrogen) atoms. The maximum absolute atomic E-state index is 14.6. The molecule has 3 aliphatic rings. The van der Waals surface area contributed by atoms with Crippen molar-refractivity contribution in [3.63, 3.8) is 0 Å². The van der Waals surface area contributed by atoms with Crippen molar-refractivity contribution in [1.29, 1.82) is 0 Å². The van der Waals surface area contributed by atoms with Gasteiger partial charge in [-0.25, -0.2) is 17.6 Å². The standard InChI is InChI=1S/C20H30F4O2/c1-11-2-4-12(5-3-11)13-8-17(23)19(18(24)9-13)20(25)26-14-6-7-15(21)16(22)10-14/h11-19H,2-10H2,1H3. The van der Waals surface area contributed by atoms with Gasteiger partial charge in [-0.2, -0.15) is 0 Å². The van der Waals surface area contributed by atoms with Crippen molar-refractivity contribution in [1.82, 2.24) is 0 Å². The normalized spacial score (nSPS) is 47.3. The monoisotopic (exact) mass is 378 g/mol. The largest absolute Gasteiger partial charge is 0.462 e. The Bertz CT molecular complexity index is 468. The van der Waals surface area contributed by atoms with Crippen molar-refractivity contribution in [3.05, 3.63) is 0 Å². The minimum Gasteiger partial charge on any atom is -0.462 e. The van der Waals surface area contributed by atoms with E-state index in [4.69, 9.17) is 4.74 Å². The second kappa shape index (κ2) is 8.47. The van der Waals surface area contributed by atoms with Crippen molar-refractivity contribution in [2.75, 3.05) is 0 Å². The van der Waals surface area contributed by atoms with E-state index in [1.54, 1.807) is 0 Å². The van der Waals surface area contributed by atoms with Crippen molar-refractivity contribution < 1.29 is 27.1 Å². The van der Waals surface area contributed by atoms with E-state index in [0.717, 1.165) is 25.7 Å². The van der Waals surface area contributed by atoms with Gasteiger partial charge in [-0.15, -0.1) is 0 Å². The van der Waals surface area contributed by atoms with Gasteiger partial charge in [0.05, 0.1) is 0 Å². The smallest absolute Gasteiger partial charge is 0.315 e. The minimum atomic E-state index is -1.67. The van der Waals surface area contributed by atoms with Gasteiger partial charge in [-0.3, -0.25) is 4.79 Å². The molecule has 0 radical (unpaired) electrons. The van der Waals surface area contributed by atoms with Crippen molar-refractivity contribution in [3.8, 4) is 0 Å². The minimum absolute atomic E-state index is 0.0197. The average Bonchev–Trinajstić information content (AvgIpc) is 2.58. The highest BCUT2D eigenvalue weighted by atomic mass is 19.2.